The van der Waals surface area contributed by atoms with Crippen LogP contribution < -0.4 is 10.9 Å². The highest BCUT2D eigenvalue weighted by Crippen LogP contribution is 2.63. The minimum atomic E-state index is -5.76. The Balaban J connectivity index is 1.59. The number of ether oxygens (including phenoxy) is 2. The molecule has 5 rings (SSSR count). The van der Waals surface area contributed by atoms with Gasteiger partial charge in [0.25, 0.3) is 0 Å². The average Bonchev–Trinajstić information content (AvgIpc) is 2.70. The highest BCUT2D eigenvalue weighted by molar-refractivity contribution is 7.86. The summed E-state index contributed by atoms with van der Waals surface area (Å²) < 4.78 is 70.2. The summed E-state index contributed by atoms with van der Waals surface area (Å²) in [6, 6.07) is 3.81. The molecule has 0 spiro atoms. The molecule has 4 aliphatic carbocycles. The highest BCUT2D eigenvalue weighted by Gasteiger charge is 2.64. The van der Waals surface area contributed by atoms with E-state index in [0.717, 1.165) is 29.8 Å². The molecule has 1 aromatic rings. The van der Waals surface area contributed by atoms with Crippen molar-refractivity contribution < 1.29 is 40.8 Å². The Hall–Kier alpha value is -1.88. The normalized spacial score (nSPS) is 30.6. The van der Waals surface area contributed by atoms with Crippen molar-refractivity contribution in [3.05, 3.63) is 23.3 Å². The molecule has 1 aromatic carbocycles. The number of hydrogen-bond donors (Lipinski definition) is 1. The van der Waals surface area contributed by atoms with Gasteiger partial charge in [0.2, 0.25) is 0 Å². The van der Waals surface area contributed by atoms with Crippen molar-refractivity contribution in [2.24, 2.45) is 17.3 Å². The average molecular weight is 508 g/mol. The molecule has 4 bridgehead atoms. The van der Waals surface area contributed by atoms with Crippen LogP contribution in [0.5, 0.6) is 0 Å². The Labute approximate surface area is 206 Å². The SMILES string of the molecule is BCc1c(B)cc(B)cc1C(=O)OC12CC3CC(C1)CC(C(=O)OC(C)C(F)(F)S(=O)(=O)O)(C3)C2. The van der Waals surface area contributed by atoms with E-state index in [9.17, 15) is 26.8 Å². The maximum Gasteiger partial charge on any atom is 0.405 e. The van der Waals surface area contributed by atoms with Gasteiger partial charge < -0.3 is 9.47 Å². The summed E-state index contributed by atoms with van der Waals surface area (Å²) in [6.07, 6.45) is 1.30. The monoisotopic (exact) mass is 508 g/mol. The van der Waals surface area contributed by atoms with Crippen LogP contribution in [0.3, 0.4) is 0 Å². The minimum Gasteiger partial charge on any atom is -0.455 e. The van der Waals surface area contributed by atoms with Crippen LogP contribution in [0.25, 0.3) is 0 Å². The van der Waals surface area contributed by atoms with E-state index < -0.39 is 44.4 Å². The quantitative estimate of drug-likeness (QED) is 0.294. The Morgan fingerprint density at radius 3 is 2.34 bits per heavy atom. The van der Waals surface area contributed by atoms with Crippen LogP contribution in [0.1, 0.15) is 61.4 Å². The smallest absolute Gasteiger partial charge is 0.405 e. The fraction of sp³-hybridized carbons (Fsp3) is 0.636. The lowest BCUT2D eigenvalue weighted by molar-refractivity contribution is -0.206. The number of halogens is 2. The van der Waals surface area contributed by atoms with Gasteiger partial charge in [0, 0.05) is 6.42 Å². The third-order valence-electron chi connectivity index (χ3n) is 8.04. The molecule has 0 amide bonds. The number of benzene rings is 1. The van der Waals surface area contributed by atoms with E-state index in [1.807, 2.05) is 29.6 Å². The molecule has 3 atom stereocenters. The zero-order chi connectivity index (χ0) is 26.0. The predicted molar refractivity (Wildman–Crippen MR) is 132 cm³/mol. The van der Waals surface area contributed by atoms with Crippen molar-refractivity contribution in [2.75, 3.05) is 0 Å². The van der Waals surface area contributed by atoms with E-state index in [0.29, 0.717) is 37.6 Å². The molecule has 7 nitrogen and oxygen atoms in total. The molecule has 4 saturated carbocycles. The molecule has 1 N–H and O–H groups in total. The van der Waals surface area contributed by atoms with Gasteiger partial charge in [0.15, 0.2) is 6.10 Å². The zero-order valence-corrected chi connectivity index (χ0v) is 21.2. The lowest BCUT2D eigenvalue weighted by Gasteiger charge is -2.59. The van der Waals surface area contributed by atoms with Crippen LogP contribution >= 0.6 is 0 Å². The maximum absolute atomic E-state index is 14.0. The van der Waals surface area contributed by atoms with Gasteiger partial charge >= 0.3 is 27.3 Å². The van der Waals surface area contributed by atoms with Crippen LogP contribution in [0, 0.1) is 17.3 Å². The number of carbonyl (C=O) groups is 2. The van der Waals surface area contributed by atoms with Crippen molar-refractivity contribution in [3.63, 3.8) is 0 Å². The number of carbonyl (C=O) groups excluding carboxylic acids is 2. The molecular formula is C22H29B3F2O7S. The summed E-state index contributed by atoms with van der Waals surface area (Å²) in [5, 5.41) is -4.63. The summed E-state index contributed by atoms with van der Waals surface area (Å²) in [7, 11) is 0.0620. The second-order valence-corrected chi connectivity index (χ2v) is 12.4. The number of hydrogen-bond acceptors (Lipinski definition) is 6. The first-order chi connectivity index (χ1) is 16.1. The van der Waals surface area contributed by atoms with Crippen LogP contribution in [-0.2, 0) is 30.7 Å². The molecule has 3 unspecified atom stereocenters. The van der Waals surface area contributed by atoms with E-state index in [4.69, 9.17) is 14.0 Å². The van der Waals surface area contributed by atoms with Gasteiger partial charge in [0.1, 0.15) is 29.1 Å². The van der Waals surface area contributed by atoms with Crippen LogP contribution in [0.2, 0.25) is 0 Å². The van der Waals surface area contributed by atoms with E-state index in [2.05, 4.69) is 0 Å². The van der Waals surface area contributed by atoms with Crippen molar-refractivity contribution in [3.8, 4) is 0 Å². The number of alkyl halides is 2. The zero-order valence-electron chi connectivity index (χ0n) is 20.4. The Kier molecular flexibility index (Phi) is 6.44. The van der Waals surface area contributed by atoms with Gasteiger partial charge in [0.05, 0.1) is 11.0 Å². The summed E-state index contributed by atoms with van der Waals surface area (Å²) in [5.41, 5.74) is 1.30. The molecular weight excluding hydrogens is 479 g/mol. The largest absolute Gasteiger partial charge is 0.455 e. The fourth-order valence-corrected chi connectivity index (χ4v) is 7.47. The van der Waals surface area contributed by atoms with E-state index in [1.54, 1.807) is 6.07 Å². The second-order valence-electron chi connectivity index (χ2n) is 10.9. The molecule has 0 aliphatic heterocycles. The Morgan fingerprint density at radius 2 is 1.80 bits per heavy atom. The first-order valence-electron chi connectivity index (χ1n) is 12.0. The first kappa shape index (κ1) is 26.2. The van der Waals surface area contributed by atoms with Crippen LogP contribution in [-0.4, -0.2) is 65.4 Å². The van der Waals surface area contributed by atoms with Crippen molar-refractivity contribution in [1.82, 2.24) is 0 Å². The van der Waals surface area contributed by atoms with Crippen LogP contribution in [0.4, 0.5) is 8.78 Å². The molecule has 13 heteroatoms. The lowest BCUT2D eigenvalue weighted by Crippen LogP contribution is -2.60. The van der Waals surface area contributed by atoms with Gasteiger partial charge in [-0.15, -0.1) is 0 Å². The number of esters is 2. The van der Waals surface area contributed by atoms with Crippen molar-refractivity contribution >= 4 is 56.5 Å². The predicted octanol–water partition coefficient (Wildman–Crippen LogP) is -0.755. The summed E-state index contributed by atoms with van der Waals surface area (Å²) in [5.74, 6) is -1.24. The third-order valence-corrected chi connectivity index (χ3v) is 9.06. The number of rotatable bonds is 7. The fourth-order valence-electron chi connectivity index (χ4n) is 7.00. The summed E-state index contributed by atoms with van der Waals surface area (Å²) >= 11 is 0. The topological polar surface area (TPSA) is 107 Å². The summed E-state index contributed by atoms with van der Waals surface area (Å²) in [4.78, 5) is 26.6. The molecule has 0 saturated heterocycles. The Morgan fingerprint density at radius 1 is 1.20 bits per heavy atom. The standard InChI is InChI=1S/C22H29B3F2O7S/c1-11(22(26,27)35(30,31)32)33-19(29)20-5-12-2-13(6-20)8-21(7-12,10-20)34-18(28)15-3-14(24)4-17(25)16(15)9-23/h3-4,11-13H,2,5-10,23-25H2,1H3,(H,30,31,32). The van der Waals surface area contributed by atoms with Gasteiger partial charge in [-0.25, -0.2) is 4.79 Å². The van der Waals surface area contributed by atoms with Gasteiger partial charge in [-0.2, -0.15) is 17.2 Å². The first-order valence-corrected chi connectivity index (χ1v) is 13.4. The molecule has 4 aliphatic rings. The molecule has 35 heavy (non-hydrogen) atoms. The third kappa shape index (κ3) is 4.54. The maximum atomic E-state index is 14.0. The second kappa shape index (κ2) is 8.61. The van der Waals surface area contributed by atoms with E-state index in [1.165, 1.54) is 0 Å². The van der Waals surface area contributed by atoms with Crippen molar-refractivity contribution in [2.45, 2.75) is 68.7 Å². The van der Waals surface area contributed by atoms with E-state index >= 15 is 0 Å². The molecule has 0 heterocycles. The van der Waals surface area contributed by atoms with Gasteiger partial charge in [-0.1, -0.05) is 29.4 Å². The molecule has 188 valence electrons. The van der Waals surface area contributed by atoms with Crippen LogP contribution in [0.15, 0.2) is 12.1 Å². The lowest BCUT2D eigenvalue weighted by atomic mass is 9.48. The molecule has 4 fully saturated rings. The summed E-state index contributed by atoms with van der Waals surface area (Å²) in [6.45, 7) is 0.744. The molecule has 0 radical (unpaired) electrons. The Bertz CT molecular complexity index is 1160. The van der Waals surface area contributed by atoms with Gasteiger partial charge in [-0.3, -0.25) is 9.35 Å². The van der Waals surface area contributed by atoms with Crippen molar-refractivity contribution in [1.29, 1.82) is 0 Å². The van der Waals surface area contributed by atoms with Gasteiger partial charge in [-0.05, 0) is 56.4 Å². The highest BCUT2D eigenvalue weighted by atomic mass is 32.2. The minimum absolute atomic E-state index is 0.0684. The molecule has 0 aromatic heterocycles. The van der Waals surface area contributed by atoms with E-state index in [-0.39, 0.29) is 18.3 Å².